The summed E-state index contributed by atoms with van der Waals surface area (Å²) in [5, 5.41) is 0.697. The summed E-state index contributed by atoms with van der Waals surface area (Å²) in [4.78, 5) is 14.2. The van der Waals surface area contributed by atoms with Crippen molar-refractivity contribution in [1.29, 1.82) is 0 Å². The average molecular weight is 217 g/mol. The van der Waals surface area contributed by atoms with E-state index < -0.39 is 5.54 Å². The molecule has 1 heterocycles. The monoisotopic (exact) mass is 217 g/mol. The van der Waals surface area contributed by atoms with E-state index in [0.717, 1.165) is 12.8 Å². The second kappa shape index (κ2) is 3.03. The second-order valence-electron chi connectivity index (χ2n) is 4.03. The summed E-state index contributed by atoms with van der Waals surface area (Å²) >= 11 is 0. The van der Waals surface area contributed by atoms with E-state index in [9.17, 15) is 9.18 Å². The van der Waals surface area contributed by atoms with Crippen LogP contribution in [0.2, 0.25) is 0 Å². The van der Waals surface area contributed by atoms with Crippen molar-refractivity contribution in [3.05, 3.63) is 35.8 Å². The number of hydrogen-bond acceptors (Lipinski definition) is 3. The Hall–Kier alpha value is -1.93. The third kappa shape index (κ3) is 1.20. The molecule has 3 nitrogen and oxygen atoms in total. The standard InChI is InChI=1S/C12H8FNO2/c13-9-5-8-1-4-16-11(8)10(6-9)12(2-3-12)14-7-15/h1,4-6H,2-3H2. The van der Waals surface area contributed by atoms with E-state index in [1.165, 1.54) is 18.4 Å². The van der Waals surface area contributed by atoms with Crippen LogP contribution < -0.4 is 0 Å². The molecule has 0 N–H and O–H groups in total. The van der Waals surface area contributed by atoms with Gasteiger partial charge in [-0.25, -0.2) is 9.18 Å². The highest BCUT2D eigenvalue weighted by molar-refractivity contribution is 5.82. The molecule has 0 saturated heterocycles. The molecule has 1 saturated carbocycles. The van der Waals surface area contributed by atoms with E-state index in [-0.39, 0.29) is 5.82 Å². The van der Waals surface area contributed by atoms with Gasteiger partial charge in [0.05, 0.1) is 6.26 Å². The van der Waals surface area contributed by atoms with Gasteiger partial charge >= 0.3 is 0 Å². The Morgan fingerprint density at radius 1 is 1.44 bits per heavy atom. The molecular weight excluding hydrogens is 209 g/mol. The highest BCUT2D eigenvalue weighted by atomic mass is 19.1. The molecule has 16 heavy (non-hydrogen) atoms. The van der Waals surface area contributed by atoms with Crippen molar-refractivity contribution in [1.82, 2.24) is 0 Å². The molecule has 4 heteroatoms. The van der Waals surface area contributed by atoms with E-state index in [2.05, 4.69) is 4.99 Å². The third-order valence-corrected chi connectivity index (χ3v) is 3.00. The number of nitrogens with zero attached hydrogens (tertiary/aromatic N) is 1. The predicted molar refractivity (Wildman–Crippen MR) is 55.2 cm³/mol. The summed E-state index contributed by atoms with van der Waals surface area (Å²) in [6.45, 7) is 0. The van der Waals surface area contributed by atoms with E-state index in [1.807, 2.05) is 0 Å². The fourth-order valence-corrected chi connectivity index (χ4v) is 2.04. The minimum Gasteiger partial charge on any atom is -0.464 e. The number of halogens is 1. The number of isocyanates is 1. The van der Waals surface area contributed by atoms with Gasteiger partial charge in [0, 0.05) is 10.9 Å². The lowest BCUT2D eigenvalue weighted by molar-refractivity contribution is 0.553. The molecule has 0 amide bonds. The van der Waals surface area contributed by atoms with Crippen LogP contribution in [0.5, 0.6) is 0 Å². The normalized spacial score (nSPS) is 17.1. The summed E-state index contributed by atoms with van der Waals surface area (Å²) in [5.41, 5.74) is 0.661. The molecule has 0 radical (unpaired) electrons. The topological polar surface area (TPSA) is 42.6 Å². The summed E-state index contributed by atoms with van der Waals surface area (Å²) in [6.07, 6.45) is 4.54. The molecule has 0 aliphatic heterocycles. The van der Waals surface area contributed by atoms with Gasteiger partial charge in [-0.05, 0) is 31.0 Å². The number of hydrogen-bond donors (Lipinski definition) is 0. The SMILES string of the molecule is O=C=NC1(c2cc(F)cc3ccoc23)CC1. The van der Waals surface area contributed by atoms with Crippen LogP contribution >= 0.6 is 0 Å². The largest absolute Gasteiger partial charge is 0.464 e. The molecule has 80 valence electrons. The van der Waals surface area contributed by atoms with Crippen molar-refractivity contribution >= 4 is 17.0 Å². The molecule has 1 aliphatic rings. The maximum atomic E-state index is 13.4. The van der Waals surface area contributed by atoms with Crippen LogP contribution in [-0.2, 0) is 10.3 Å². The Bertz CT molecular complexity index is 607. The fraction of sp³-hybridized carbons (Fsp3) is 0.250. The van der Waals surface area contributed by atoms with E-state index >= 15 is 0 Å². The van der Waals surface area contributed by atoms with Crippen molar-refractivity contribution in [2.24, 2.45) is 4.99 Å². The number of aliphatic imine (C=N–C) groups is 1. The van der Waals surface area contributed by atoms with Crippen LogP contribution in [0.1, 0.15) is 18.4 Å². The molecular formula is C12H8FNO2. The van der Waals surface area contributed by atoms with Gasteiger partial charge in [-0.1, -0.05) is 0 Å². The number of fused-ring (bicyclic) bond motifs is 1. The third-order valence-electron chi connectivity index (χ3n) is 3.00. The summed E-state index contributed by atoms with van der Waals surface area (Å²) in [5.74, 6) is -0.337. The van der Waals surface area contributed by atoms with Gasteiger partial charge in [0.15, 0.2) is 0 Å². The smallest absolute Gasteiger partial charge is 0.235 e. The minimum absolute atomic E-state index is 0.337. The Morgan fingerprint density at radius 2 is 2.25 bits per heavy atom. The van der Waals surface area contributed by atoms with Crippen molar-refractivity contribution in [3.8, 4) is 0 Å². The number of benzene rings is 1. The quantitative estimate of drug-likeness (QED) is 0.573. The van der Waals surface area contributed by atoms with Gasteiger partial charge in [0.25, 0.3) is 0 Å². The summed E-state index contributed by atoms with van der Waals surface area (Å²) in [6, 6.07) is 4.49. The molecule has 0 atom stereocenters. The first-order valence-corrected chi connectivity index (χ1v) is 5.01. The van der Waals surface area contributed by atoms with Crippen LogP contribution in [0.25, 0.3) is 11.0 Å². The highest BCUT2D eigenvalue weighted by Crippen LogP contribution is 2.51. The fourth-order valence-electron chi connectivity index (χ4n) is 2.04. The Kier molecular flexibility index (Phi) is 1.76. The Labute approximate surface area is 90.6 Å². The minimum atomic E-state index is -0.597. The molecule has 2 aromatic rings. The van der Waals surface area contributed by atoms with Crippen LogP contribution in [0.3, 0.4) is 0 Å². The van der Waals surface area contributed by atoms with Crippen LogP contribution in [-0.4, -0.2) is 6.08 Å². The Morgan fingerprint density at radius 3 is 2.94 bits per heavy atom. The molecule has 1 aromatic heterocycles. The van der Waals surface area contributed by atoms with Crippen LogP contribution in [0.4, 0.5) is 4.39 Å². The molecule has 1 fully saturated rings. The maximum Gasteiger partial charge on any atom is 0.235 e. The first kappa shape index (κ1) is 9.31. The van der Waals surface area contributed by atoms with Gasteiger partial charge in [0.2, 0.25) is 6.08 Å². The van der Waals surface area contributed by atoms with E-state index in [1.54, 1.807) is 12.1 Å². The first-order chi connectivity index (χ1) is 7.75. The molecule has 0 unspecified atom stereocenters. The Balaban J connectivity index is 2.30. The van der Waals surface area contributed by atoms with Crippen LogP contribution in [0.15, 0.2) is 33.9 Å². The van der Waals surface area contributed by atoms with Crippen LogP contribution in [0, 0.1) is 5.82 Å². The highest BCUT2D eigenvalue weighted by Gasteiger charge is 2.47. The molecule has 0 spiro atoms. The molecule has 0 bridgehead atoms. The first-order valence-electron chi connectivity index (χ1n) is 5.01. The van der Waals surface area contributed by atoms with Crippen molar-refractivity contribution in [2.45, 2.75) is 18.4 Å². The zero-order valence-corrected chi connectivity index (χ0v) is 8.37. The zero-order valence-electron chi connectivity index (χ0n) is 8.37. The molecule has 1 aromatic carbocycles. The van der Waals surface area contributed by atoms with E-state index in [4.69, 9.17) is 4.42 Å². The summed E-state index contributed by atoms with van der Waals surface area (Å²) in [7, 11) is 0. The lowest BCUT2D eigenvalue weighted by Gasteiger charge is -2.08. The zero-order chi connectivity index (χ0) is 11.2. The number of furan rings is 1. The van der Waals surface area contributed by atoms with Crippen molar-refractivity contribution in [3.63, 3.8) is 0 Å². The number of rotatable bonds is 2. The number of carbonyl (C=O) groups excluding carboxylic acids is 1. The second-order valence-corrected chi connectivity index (χ2v) is 4.03. The van der Waals surface area contributed by atoms with Crippen molar-refractivity contribution in [2.75, 3.05) is 0 Å². The van der Waals surface area contributed by atoms with Gasteiger partial charge in [-0.2, -0.15) is 4.99 Å². The molecule has 1 aliphatic carbocycles. The lowest BCUT2D eigenvalue weighted by atomic mass is 10.0. The van der Waals surface area contributed by atoms with Crippen molar-refractivity contribution < 1.29 is 13.6 Å². The summed E-state index contributed by atoms with van der Waals surface area (Å²) < 4.78 is 18.7. The van der Waals surface area contributed by atoms with E-state index in [0.29, 0.717) is 16.5 Å². The molecule has 3 rings (SSSR count). The average Bonchev–Trinajstić information content (AvgIpc) is 2.88. The predicted octanol–water partition coefficient (Wildman–Crippen LogP) is 2.90. The van der Waals surface area contributed by atoms with Gasteiger partial charge in [-0.15, -0.1) is 0 Å². The maximum absolute atomic E-state index is 13.4. The van der Waals surface area contributed by atoms with Gasteiger partial charge in [0.1, 0.15) is 16.9 Å². The lowest BCUT2D eigenvalue weighted by Crippen LogP contribution is -2.03. The van der Waals surface area contributed by atoms with Gasteiger partial charge in [-0.3, -0.25) is 0 Å². The van der Waals surface area contributed by atoms with Gasteiger partial charge < -0.3 is 4.42 Å².